The van der Waals surface area contributed by atoms with Crippen molar-refractivity contribution in [3.05, 3.63) is 40.9 Å². The number of hydrogen-bond donors (Lipinski definition) is 2. The Bertz CT molecular complexity index is 890. The smallest absolute Gasteiger partial charge is 0.269 e. The third-order valence-corrected chi connectivity index (χ3v) is 4.00. The normalized spacial score (nSPS) is 10.8. The highest BCUT2D eigenvalue weighted by Gasteiger charge is 2.16. The number of thioether (sulfide) groups is 1. The lowest BCUT2D eigenvalue weighted by atomic mass is 10.2. The number of para-hydroxylation sites is 1. The average Bonchev–Trinajstić information content (AvgIpc) is 3.07. The van der Waals surface area contributed by atoms with Crippen molar-refractivity contribution in [1.82, 2.24) is 30.0 Å². The van der Waals surface area contributed by atoms with Crippen LogP contribution in [0.4, 0.5) is 0 Å². The molecule has 3 aromatic rings. The van der Waals surface area contributed by atoms with E-state index in [-0.39, 0.29) is 23.2 Å². The van der Waals surface area contributed by atoms with Gasteiger partial charge in [-0.05, 0) is 19.1 Å². The van der Waals surface area contributed by atoms with Crippen molar-refractivity contribution < 1.29 is 4.79 Å². The second-order valence-corrected chi connectivity index (χ2v) is 5.55. The second-order valence-electron chi connectivity index (χ2n) is 4.60. The standard InChI is InChI=1S/C14H14N6O2S/c1-2-15-11(21)7-23-14-18-10-6-4-3-5-9(10)12(22)20(14)13-16-8-17-19-13/h3-6,8H,2,7H2,1H3,(H,15,21)(H,16,17,19). The molecule has 0 radical (unpaired) electrons. The SMILES string of the molecule is CCNC(=O)CSc1nc2ccccc2c(=O)n1-c1ncn[nH]1. The van der Waals surface area contributed by atoms with Crippen LogP contribution in [0.2, 0.25) is 0 Å². The molecule has 0 saturated heterocycles. The Morgan fingerprint density at radius 3 is 2.96 bits per heavy atom. The molecule has 0 aliphatic heterocycles. The lowest BCUT2D eigenvalue weighted by molar-refractivity contribution is -0.118. The third-order valence-electron chi connectivity index (χ3n) is 3.07. The fourth-order valence-corrected chi connectivity index (χ4v) is 2.90. The molecule has 0 atom stereocenters. The first kappa shape index (κ1) is 15.2. The topological polar surface area (TPSA) is 106 Å². The van der Waals surface area contributed by atoms with Gasteiger partial charge in [-0.2, -0.15) is 10.1 Å². The Labute approximate surface area is 135 Å². The minimum atomic E-state index is -0.259. The first-order valence-electron chi connectivity index (χ1n) is 6.97. The molecule has 0 bridgehead atoms. The molecule has 0 unspecified atom stereocenters. The van der Waals surface area contributed by atoms with E-state index in [0.29, 0.717) is 22.6 Å². The van der Waals surface area contributed by atoms with Gasteiger partial charge >= 0.3 is 0 Å². The molecular weight excluding hydrogens is 316 g/mol. The summed E-state index contributed by atoms with van der Waals surface area (Å²) >= 11 is 1.17. The van der Waals surface area contributed by atoms with Gasteiger partial charge in [-0.1, -0.05) is 23.9 Å². The molecule has 0 spiro atoms. The number of benzene rings is 1. The summed E-state index contributed by atoms with van der Waals surface area (Å²) in [6.07, 6.45) is 1.31. The number of hydrogen-bond acceptors (Lipinski definition) is 6. The van der Waals surface area contributed by atoms with Crippen LogP contribution in [0.1, 0.15) is 6.92 Å². The zero-order chi connectivity index (χ0) is 16.2. The van der Waals surface area contributed by atoms with Gasteiger partial charge in [-0.15, -0.1) is 0 Å². The van der Waals surface area contributed by atoms with Crippen molar-refractivity contribution in [2.24, 2.45) is 0 Å². The zero-order valence-corrected chi connectivity index (χ0v) is 13.1. The van der Waals surface area contributed by atoms with E-state index < -0.39 is 0 Å². The van der Waals surface area contributed by atoms with E-state index >= 15 is 0 Å². The van der Waals surface area contributed by atoms with Gasteiger partial charge in [0.05, 0.1) is 16.7 Å². The molecule has 0 aliphatic carbocycles. The summed E-state index contributed by atoms with van der Waals surface area (Å²) in [5.74, 6) is 0.308. The summed E-state index contributed by atoms with van der Waals surface area (Å²) in [5, 5.41) is 10.0. The monoisotopic (exact) mass is 330 g/mol. The summed E-state index contributed by atoms with van der Waals surface area (Å²) in [5.41, 5.74) is 0.317. The molecule has 0 fully saturated rings. The minimum Gasteiger partial charge on any atom is -0.356 e. The molecule has 2 N–H and O–H groups in total. The van der Waals surface area contributed by atoms with Crippen molar-refractivity contribution in [3.63, 3.8) is 0 Å². The maximum Gasteiger partial charge on any atom is 0.269 e. The number of nitrogens with one attached hydrogen (secondary N) is 2. The van der Waals surface area contributed by atoms with Crippen LogP contribution in [0, 0.1) is 0 Å². The molecule has 8 nitrogen and oxygen atoms in total. The molecular formula is C14H14N6O2S. The Kier molecular flexibility index (Phi) is 4.38. The van der Waals surface area contributed by atoms with E-state index in [1.807, 2.05) is 13.0 Å². The van der Waals surface area contributed by atoms with Crippen LogP contribution in [0.15, 0.2) is 40.5 Å². The van der Waals surface area contributed by atoms with E-state index in [1.165, 1.54) is 22.7 Å². The maximum atomic E-state index is 12.7. The fourth-order valence-electron chi connectivity index (χ4n) is 2.08. The van der Waals surface area contributed by atoms with Crippen LogP contribution in [0.5, 0.6) is 0 Å². The van der Waals surface area contributed by atoms with Crippen LogP contribution in [-0.2, 0) is 4.79 Å². The third kappa shape index (κ3) is 3.09. The van der Waals surface area contributed by atoms with Gasteiger partial charge in [0.15, 0.2) is 5.16 Å². The Morgan fingerprint density at radius 1 is 1.39 bits per heavy atom. The summed E-state index contributed by atoms with van der Waals surface area (Å²) in [6, 6.07) is 7.05. The fraction of sp³-hybridized carbons (Fsp3) is 0.214. The van der Waals surface area contributed by atoms with Gasteiger partial charge in [0.25, 0.3) is 5.56 Å². The molecule has 9 heteroatoms. The number of carbonyl (C=O) groups excluding carboxylic acids is 1. The highest BCUT2D eigenvalue weighted by molar-refractivity contribution is 7.99. The van der Waals surface area contributed by atoms with Gasteiger partial charge in [-0.3, -0.25) is 9.59 Å². The van der Waals surface area contributed by atoms with E-state index in [0.717, 1.165) is 0 Å². The van der Waals surface area contributed by atoms with Crippen molar-refractivity contribution >= 4 is 28.6 Å². The van der Waals surface area contributed by atoms with Gasteiger partial charge in [0.2, 0.25) is 11.9 Å². The van der Waals surface area contributed by atoms with Crippen LogP contribution < -0.4 is 10.9 Å². The molecule has 1 aromatic carbocycles. The van der Waals surface area contributed by atoms with Gasteiger partial charge in [0, 0.05) is 6.54 Å². The van der Waals surface area contributed by atoms with Gasteiger partial charge in [-0.25, -0.2) is 14.6 Å². The number of aromatic amines is 1. The maximum absolute atomic E-state index is 12.7. The van der Waals surface area contributed by atoms with Crippen molar-refractivity contribution in [2.45, 2.75) is 12.1 Å². The Morgan fingerprint density at radius 2 is 2.22 bits per heavy atom. The van der Waals surface area contributed by atoms with Crippen LogP contribution in [0.3, 0.4) is 0 Å². The number of nitrogens with zero attached hydrogens (tertiary/aromatic N) is 4. The number of amides is 1. The summed E-state index contributed by atoms with van der Waals surface area (Å²) in [6.45, 7) is 2.40. The van der Waals surface area contributed by atoms with E-state index in [4.69, 9.17) is 0 Å². The largest absolute Gasteiger partial charge is 0.356 e. The molecule has 2 aromatic heterocycles. The first-order valence-corrected chi connectivity index (χ1v) is 7.96. The quantitative estimate of drug-likeness (QED) is 0.528. The minimum absolute atomic E-state index is 0.121. The van der Waals surface area contributed by atoms with E-state index in [1.54, 1.807) is 18.2 Å². The molecule has 0 aliphatic rings. The summed E-state index contributed by atoms with van der Waals surface area (Å²) in [4.78, 5) is 32.9. The molecule has 1 amide bonds. The predicted octanol–water partition coefficient (Wildman–Crippen LogP) is 0.732. The molecule has 23 heavy (non-hydrogen) atoms. The van der Waals surface area contributed by atoms with Crippen molar-refractivity contribution in [1.29, 1.82) is 0 Å². The van der Waals surface area contributed by atoms with Gasteiger partial charge in [0.1, 0.15) is 6.33 Å². The Hall–Kier alpha value is -2.68. The van der Waals surface area contributed by atoms with E-state index in [2.05, 4.69) is 25.5 Å². The zero-order valence-electron chi connectivity index (χ0n) is 12.3. The van der Waals surface area contributed by atoms with Gasteiger partial charge < -0.3 is 5.32 Å². The first-order chi connectivity index (χ1) is 11.2. The van der Waals surface area contributed by atoms with Crippen LogP contribution in [-0.4, -0.2) is 42.9 Å². The lowest BCUT2D eigenvalue weighted by Crippen LogP contribution is -2.26. The highest BCUT2D eigenvalue weighted by Crippen LogP contribution is 2.19. The van der Waals surface area contributed by atoms with Crippen molar-refractivity contribution in [2.75, 3.05) is 12.3 Å². The summed E-state index contributed by atoms with van der Waals surface area (Å²) < 4.78 is 1.33. The second kappa shape index (κ2) is 6.61. The number of H-pyrrole nitrogens is 1. The molecule has 2 heterocycles. The predicted molar refractivity (Wildman–Crippen MR) is 86.7 cm³/mol. The number of fused-ring (bicyclic) bond motifs is 1. The van der Waals surface area contributed by atoms with Crippen LogP contribution >= 0.6 is 11.8 Å². The lowest BCUT2D eigenvalue weighted by Gasteiger charge is -2.10. The van der Waals surface area contributed by atoms with Crippen molar-refractivity contribution in [3.8, 4) is 5.95 Å². The number of carbonyl (C=O) groups is 1. The number of aromatic nitrogens is 5. The average molecular weight is 330 g/mol. The molecule has 0 saturated carbocycles. The highest BCUT2D eigenvalue weighted by atomic mass is 32.2. The van der Waals surface area contributed by atoms with E-state index in [9.17, 15) is 9.59 Å². The Balaban J connectivity index is 2.09. The van der Waals surface area contributed by atoms with Crippen LogP contribution in [0.25, 0.3) is 16.9 Å². The molecule has 3 rings (SSSR count). The number of rotatable bonds is 5. The molecule has 118 valence electrons. The summed E-state index contributed by atoms with van der Waals surface area (Å²) in [7, 11) is 0.